The fourth-order valence-corrected chi connectivity index (χ4v) is 5.23. The van der Waals surface area contributed by atoms with E-state index in [1.54, 1.807) is 35.2 Å². The molecule has 3 fully saturated rings. The van der Waals surface area contributed by atoms with Crippen molar-refractivity contribution < 1.29 is 28.7 Å². The molecule has 0 spiro atoms. The van der Waals surface area contributed by atoms with Crippen molar-refractivity contribution in [1.29, 1.82) is 0 Å². The van der Waals surface area contributed by atoms with Crippen LogP contribution >= 0.6 is 0 Å². The Morgan fingerprint density at radius 2 is 1.89 bits per heavy atom. The maximum absolute atomic E-state index is 12.9. The van der Waals surface area contributed by atoms with Crippen molar-refractivity contribution in [1.82, 2.24) is 20.4 Å². The first-order valence-corrected chi connectivity index (χ1v) is 12.8. The van der Waals surface area contributed by atoms with Gasteiger partial charge in [-0.05, 0) is 37.1 Å². The van der Waals surface area contributed by atoms with E-state index < -0.39 is 11.9 Å². The van der Waals surface area contributed by atoms with Gasteiger partial charge in [-0.2, -0.15) is 0 Å². The second-order valence-corrected chi connectivity index (χ2v) is 9.78. The zero-order valence-electron chi connectivity index (χ0n) is 20.7. The maximum atomic E-state index is 12.9. The minimum absolute atomic E-state index is 0.0243. The minimum atomic E-state index is -0.605. The second kappa shape index (κ2) is 11.3. The fourth-order valence-electron chi connectivity index (χ4n) is 5.23. The van der Waals surface area contributed by atoms with Crippen LogP contribution in [0.15, 0.2) is 47.6 Å². The van der Waals surface area contributed by atoms with Crippen molar-refractivity contribution in [3.63, 3.8) is 0 Å². The predicted octanol–water partition coefficient (Wildman–Crippen LogP) is 0.648. The molecular formula is C27H32N4O6. The Balaban J connectivity index is 1.08. The van der Waals surface area contributed by atoms with Crippen LogP contribution < -0.4 is 15.4 Å². The molecule has 37 heavy (non-hydrogen) atoms. The van der Waals surface area contributed by atoms with Gasteiger partial charge in [0.25, 0.3) is 11.8 Å². The lowest BCUT2D eigenvalue weighted by atomic mass is 9.89. The SMILES string of the molecule is O=C1CCC(N2CC3CC(CNC(=O)c4ccc(OCCN5CCOCC5)cc4)=CC=C3C2=O)C(=O)N1. The largest absolute Gasteiger partial charge is 0.492 e. The number of carbonyl (C=O) groups excluding carboxylic acids is 4. The third-order valence-corrected chi connectivity index (χ3v) is 7.33. The highest BCUT2D eigenvalue weighted by atomic mass is 16.5. The van der Waals surface area contributed by atoms with Crippen molar-refractivity contribution >= 4 is 23.6 Å². The van der Waals surface area contributed by atoms with Crippen LogP contribution in [0.1, 0.15) is 29.6 Å². The van der Waals surface area contributed by atoms with E-state index in [0.717, 1.165) is 44.2 Å². The molecule has 0 saturated carbocycles. The van der Waals surface area contributed by atoms with E-state index in [2.05, 4.69) is 15.5 Å². The van der Waals surface area contributed by atoms with Crippen molar-refractivity contribution in [2.24, 2.45) is 5.92 Å². The van der Waals surface area contributed by atoms with E-state index in [-0.39, 0.29) is 30.1 Å². The van der Waals surface area contributed by atoms with Crippen LogP contribution in [0.2, 0.25) is 0 Å². The first-order chi connectivity index (χ1) is 18.0. The Labute approximate surface area is 215 Å². The number of ether oxygens (including phenoxy) is 2. The molecule has 2 N–H and O–H groups in total. The molecule has 4 aliphatic rings. The average molecular weight is 509 g/mol. The van der Waals surface area contributed by atoms with Crippen molar-refractivity contribution in [3.05, 3.63) is 53.1 Å². The third-order valence-electron chi connectivity index (χ3n) is 7.33. The standard InChI is InChI=1S/C27H32N4O6/c32-24-8-7-23(26(34)29-24)31-17-20-15-18(1-6-22(20)27(31)35)16-28-25(33)19-2-4-21(5-3-19)37-14-11-30-9-12-36-13-10-30/h1-6,20,23H,7-17H2,(H,28,33)(H,29,32,34). The smallest absolute Gasteiger partial charge is 0.251 e. The summed E-state index contributed by atoms with van der Waals surface area (Å²) in [5, 5.41) is 5.28. The number of piperidine rings is 1. The topological polar surface area (TPSA) is 117 Å². The predicted molar refractivity (Wildman–Crippen MR) is 134 cm³/mol. The summed E-state index contributed by atoms with van der Waals surface area (Å²) in [6, 6.07) is 6.50. The summed E-state index contributed by atoms with van der Waals surface area (Å²) in [4.78, 5) is 53.1. The molecule has 2 atom stereocenters. The number of allylic oxidation sites excluding steroid dienone is 2. The molecule has 4 amide bonds. The lowest BCUT2D eigenvalue weighted by Crippen LogP contribution is -2.53. The lowest BCUT2D eigenvalue weighted by molar-refractivity contribution is -0.142. The molecule has 3 saturated heterocycles. The van der Waals surface area contributed by atoms with E-state index in [1.807, 2.05) is 6.08 Å². The van der Waals surface area contributed by atoms with E-state index in [0.29, 0.717) is 43.7 Å². The number of nitrogens with one attached hydrogen (secondary N) is 2. The van der Waals surface area contributed by atoms with Gasteiger partial charge in [0.2, 0.25) is 11.8 Å². The normalized spacial score (nSPS) is 24.2. The Morgan fingerprint density at radius 3 is 2.65 bits per heavy atom. The van der Waals surface area contributed by atoms with Gasteiger partial charge in [-0.25, -0.2) is 0 Å². The minimum Gasteiger partial charge on any atom is -0.492 e. The molecule has 10 heteroatoms. The second-order valence-electron chi connectivity index (χ2n) is 9.78. The third kappa shape index (κ3) is 5.91. The van der Waals surface area contributed by atoms with E-state index in [1.165, 1.54) is 0 Å². The number of likely N-dealkylation sites (tertiary alicyclic amines) is 1. The van der Waals surface area contributed by atoms with Gasteiger partial charge in [-0.3, -0.25) is 29.4 Å². The van der Waals surface area contributed by atoms with E-state index >= 15 is 0 Å². The quantitative estimate of drug-likeness (QED) is 0.495. The van der Waals surface area contributed by atoms with Crippen LogP contribution in [0.3, 0.4) is 0 Å². The van der Waals surface area contributed by atoms with Gasteiger partial charge in [0.05, 0.1) is 13.2 Å². The van der Waals surface area contributed by atoms with Crippen molar-refractivity contribution in [2.45, 2.75) is 25.3 Å². The molecule has 5 rings (SSSR count). The molecule has 0 radical (unpaired) electrons. The zero-order valence-corrected chi connectivity index (χ0v) is 20.7. The molecule has 2 unspecified atom stereocenters. The van der Waals surface area contributed by atoms with Crippen LogP contribution in [0.25, 0.3) is 0 Å². The van der Waals surface area contributed by atoms with Gasteiger partial charge < -0.3 is 19.7 Å². The summed E-state index contributed by atoms with van der Waals surface area (Å²) in [7, 11) is 0. The molecule has 3 aliphatic heterocycles. The first-order valence-electron chi connectivity index (χ1n) is 12.8. The number of rotatable bonds is 8. The number of fused-ring (bicyclic) bond motifs is 1. The van der Waals surface area contributed by atoms with Gasteiger partial charge in [0, 0.05) is 56.2 Å². The molecule has 196 valence electrons. The van der Waals surface area contributed by atoms with Gasteiger partial charge in [-0.1, -0.05) is 17.7 Å². The van der Waals surface area contributed by atoms with Crippen LogP contribution in [-0.2, 0) is 19.1 Å². The Bertz CT molecular complexity index is 1120. The lowest BCUT2D eigenvalue weighted by Gasteiger charge is -2.29. The fraction of sp³-hybridized carbons (Fsp3) is 0.481. The molecule has 1 aromatic carbocycles. The van der Waals surface area contributed by atoms with Gasteiger partial charge in [0.15, 0.2) is 0 Å². The highest BCUT2D eigenvalue weighted by Crippen LogP contribution is 2.35. The number of morpholine rings is 1. The number of nitrogens with zero attached hydrogens (tertiary/aromatic N) is 2. The Kier molecular flexibility index (Phi) is 7.66. The van der Waals surface area contributed by atoms with Gasteiger partial charge in [0.1, 0.15) is 18.4 Å². The zero-order chi connectivity index (χ0) is 25.8. The molecule has 0 bridgehead atoms. The number of benzene rings is 1. The number of hydrogen-bond acceptors (Lipinski definition) is 7. The van der Waals surface area contributed by atoms with E-state index in [9.17, 15) is 19.2 Å². The molecule has 1 aromatic rings. The average Bonchev–Trinajstić information content (AvgIpc) is 3.23. The monoisotopic (exact) mass is 508 g/mol. The summed E-state index contributed by atoms with van der Waals surface area (Å²) < 4.78 is 11.2. The number of carbonyl (C=O) groups is 4. The first kappa shape index (κ1) is 25.2. The number of imide groups is 1. The summed E-state index contributed by atoms with van der Waals surface area (Å²) in [6.07, 6.45) is 4.90. The van der Waals surface area contributed by atoms with Gasteiger partial charge >= 0.3 is 0 Å². The molecule has 0 aromatic heterocycles. The summed E-state index contributed by atoms with van der Waals surface area (Å²) in [5.41, 5.74) is 2.25. The number of hydrogen-bond donors (Lipinski definition) is 2. The Hall–Kier alpha value is -3.50. The van der Waals surface area contributed by atoms with Crippen molar-refractivity contribution in [2.75, 3.05) is 52.5 Å². The van der Waals surface area contributed by atoms with Gasteiger partial charge in [-0.15, -0.1) is 0 Å². The summed E-state index contributed by atoms with van der Waals surface area (Å²) in [6.45, 7) is 5.61. The van der Waals surface area contributed by atoms with Crippen LogP contribution in [0, 0.1) is 5.92 Å². The van der Waals surface area contributed by atoms with Crippen LogP contribution in [0.5, 0.6) is 5.75 Å². The highest BCUT2D eigenvalue weighted by molar-refractivity contribution is 6.05. The van der Waals surface area contributed by atoms with Crippen molar-refractivity contribution in [3.8, 4) is 5.75 Å². The maximum Gasteiger partial charge on any atom is 0.251 e. The summed E-state index contributed by atoms with van der Waals surface area (Å²) in [5.74, 6) is -0.324. The molecule has 10 nitrogen and oxygen atoms in total. The molecular weight excluding hydrogens is 476 g/mol. The summed E-state index contributed by atoms with van der Waals surface area (Å²) >= 11 is 0. The number of amides is 4. The van der Waals surface area contributed by atoms with Crippen LogP contribution in [-0.4, -0.2) is 92.0 Å². The van der Waals surface area contributed by atoms with Crippen LogP contribution in [0.4, 0.5) is 0 Å². The van der Waals surface area contributed by atoms with E-state index in [4.69, 9.17) is 9.47 Å². The highest BCUT2D eigenvalue weighted by Gasteiger charge is 2.43. The molecule has 1 aliphatic carbocycles. The Morgan fingerprint density at radius 1 is 1.11 bits per heavy atom. The molecule has 3 heterocycles.